The van der Waals surface area contributed by atoms with Gasteiger partial charge in [0.1, 0.15) is 5.01 Å². The van der Waals surface area contributed by atoms with Gasteiger partial charge in [-0.3, -0.25) is 4.99 Å². The summed E-state index contributed by atoms with van der Waals surface area (Å²) in [5.41, 5.74) is 1.62. The first kappa shape index (κ1) is 22.0. The monoisotopic (exact) mass is 506 g/mol. The normalized spacial score (nSPS) is 13.7. The molecule has 1 aromatic heterocycles. The number of hydrogen-bond acceptors (Lipinski definition) is 3. The van der Waals surface area contributed by atoms with E-state index in [2.05, 4.69) is 10.3 Å². The summed E-state index contributed by atoms with van der Waals surface area (Å²) in [5, 5.41) is 4.31. The lowest BCUT2D eigenvalue weighted by Crippen LogP contribution is -2.39. The van der Waals surface area contributed by atoms with Crippen LogP contribution in [0.15, 0.2) is 23.2 Å². The van der Waals surface area contributed by atoms with Gasteiger partial charge in [-0.15, -0.1) is 35.3 Å². The predicted molar refractivity (Wildman–Crippen MR) is 117 cm³/mol. The molecule has 2 aromatic rings. The molecule has 0 bridgehead atoms. The quantitative estimate of drug-likeness (QED) is 0.376. The summed E-state index contributed by atoms with van der Waals surface area (Å²) in [7, 11) is 3.67. The third-order valence-electron chi connectivity index (χ3n) is 4.54. The van der Waals surface area contributed by atoms with Crippen molar-refractivity contribution in [1.82, 2.24) is 15.2 Å². The second-order valence-electron chi connectivity index (χ2n) is 6.48. The Bertz CT molecular complexity index is 771. The number of hydrogen-bond donors (Lipinski definition) is 1. The highest BCUT2D eigenvalue weighted by Gasteiger charge is 2.17. The summed E-state index contributed by atoms with van der Waals surface area (Å²) < 4.78 is 27.0. The lowest BCUT2D eigenvalue weighted by atomic mass is 10.0. The molecule has 0 spiro atoms. The van der Waals surface area contributed by atoms with Gasteiger partial charge < -0.3 is 10.2 Å². The molecule has 1 N–H and O–H groups in total. The Kier molecular flexibility index (Phi) is 8.40. The van der Waals surface area contributed by atoms with Crippen LogP contribution < -0.4 is 5.32 Å². The molecule has 1 heterocycles. The van der Waals surface area contributed by atoms with Gasteiger partial charge in [0.2, 0.25) is 0 Å². The van der Waals surface area contributed by atoms with Crippen LogP contribution in [0.5, 0.6) is 0 Å². The van der Waals surface area contributed by atoms with Crippen molar-refractivity contribution in [2.45, 2.75) is 38.6 Å². The molecule has 0 saturated heterocycles. The maximum Gasteiger partial charge on any atom is 0.193 e. The highest BCUT2D eigenvalue weighted by molar-refractivity contribution is 14.0. The van der Waals surface area contributed by atoms with Crippen molar-refractivity contribution in [3.8, 4) is 0 Å². The van der Waals surface area contributed by atoms with Crippen molar-refractivity contribution >= 4 is 41.3 Å². The van der Waals surface area contributed by atoms with Gasteiger partial charge in [0.05, 0.1) is 12.2 Å². The first-order chi connectivity index (χ1) is 12.6. The molecule has 0 atom stereocenters. The predicted octanol–water partition coefficient (Wildman–Crippen LogP) is 4.17. The molecule has 4 nitrogen and oxygen atoms in total. The fourth-order valence-corrected chi connectivity index (χ4v) is 4.40. The van der Waals surface area contributed by atoms with Gasteiger partial charge in [0, 0.05) is 25.5 Å². The molecule has 3 rings (SSSR count). The van der Waals surface area contributed by atoms with Crippen molar-refractivity contribution in [1.29, 1.82) is 0 Å². The van der Waals surface area contributed by atoms with Gasteiger partial charge in [0.25, 0.3) is 0 Å². The van der Waals surface area contributed by atoms with E-state index < -0.39 is 11.6 Å². The van der Waals surface area contributed by atoms with E-state index >= 15 is 0 Å². The summed E-state index contributed by atoms with van der Waals surface area (Å²) in [4.78, 5) is 12.5. The molecule has 0 unspecified atom stereocenters. The standard InChI is InChI=1S/C19H24F2N4S.HI/c1-22-19(23-11-10-13-6-5-7-14(20)18(13)21)25(2)12-17-24-15-8-3-4-9-16(15)26-17;/h5-7H,3-4,8-12H2,1-2H3,(H,22,23);1H. The molecule has 27 heavy (non-hydrogen) atoms. The lowest BCUT2D eigenvalue weighted by molar-refractivity contribution is 0.473. The van der Waals surface area contributed by atoms with E-state index in [1.165, 1.54) is 29.5 Å². The minimum absolute atomic E-state index is 0. The Morgan fingerprint density at radius 2 is 2.07 bits per heavy atom. The SMILES string of the molecule is CN=C(NCCc1cccc(F)c1F)N(C)Cc1nc2c(s1)CCCC2.I. The van der Waals surface area contributed by atoms with Crippen molar-refractivity contribution in [2.24, 2.45) is 4.99 Å². The first-order valence-corrected chi connectivity index (χ1v) is 9.72. The van der Waals surface area contributed by atoms with Gasteiger partial charge in [-0.05, 0) is 43.7 Å². The second kappa shape index (κ2) is 10.3. The second-order valence-corrected chi connectivity index (χ2v) is 7.65. The third kappa shape index (κ3) is 5.60. The largest absolute Gasteiger partial charge is 0.356 e. The molecule has 1 aliphatic carbocycles. The van der Waals surface area contributed by atoms with Crippen molar-refractivity contribution in [3.63, 3.8) is 0 Å². The van der Waals surface area contributed by atoms with E-state index in [1.54, 1.807) is 24.5 Å². The molecule has 0 radical (unpaired) electrons. The molecule has 8 heteroatoms. The fourth-order valence-electron chi connectivity index (χ4n) is 3.19. The highest BCUT2D eigenvalue weighted by atomic mass is 127. The van der Waals surface area contributed by atoms with E-state index in [9.17, 15) is 8.78 Å². The Morgan fingerprint density at radius 1 is 1.30 bits per heavy atom. The van der Waals surface area contributed by atoms with Gasteiger partial charge >= 0.3 is 0 Å². The van der Waals surface area contributed by atoms with Crippen LogP contribution in [-0.4, -0.2) is 36.5 Å². The number of thiazole rings is 1. The number of nitrogens with one attached hydrogen (secondary N) is 1. The highest BCUT2D eigenvalue weighted by Crippen LogP contribution is 2.27. The van der Waals surface area contributed by atoms with E-state index in [1.807, 2.05) is 11.9 Å². The third-order valence-corrected chi connectivity index (χ3v) is 5.69. The number of rotatable bonds is 5. The maximum atomic E-state index is 13.7. The Hall–Kier alpha value is -1.29. The van der Waals surface area contributed by atoms with Crippen molar-refractivity contribution in [3.05, 3.63) is 51.0 Å². The summed E-state index contributed by atoms with van der Waals surface area (Å²) in [6.07, 6.45) is 5.10. The fraction of sp³-hybridized carbons (Fsp3) is 0.474. The number of aliphatic imine (C=N–C) groups is 1. The molecule has 1 aliphatic rings. The summed E-state index contributed by atoms with van der Waals surface area (Å²) >= 11 is 1.79. The minimum Gasteiger partial charge on any atom is -0.356 e. The van der Waals surface area contributed by atoms with Gasteiger partial charge in [-0.25, -0.2) is 13.8 Å². The Labute approximate surface area is 180 Å². The van der Waals surface area contributed by atoms with Crippen LogP contribution in [-0.2, 0) is 25.8 Å². The van der Waals surface area contributed by atoms with Crippen LogP contribution in [0.4, 0.5) is 8.78 Å². The smallest absolute Gasteiger partial charge is 0.193 e. The summed E-state index contributed by atoms with van der Waals surface area (Å²) in [6.45, 7) is 1.16. The molecular weight excluding hydrogens is 481 g/mol. The topological polar surface area (TPSA) is 40.5 Å². The number of aryl methyl sites for hydroxylation is 2. The molecule has 148 valence electrons. The molecular formula is C19H25F2IN4S. The summed E-state index contributed by atoms with van der Waals surface area (Å²) in [6, 6.07) is 4.26. The van der Waals surface area contributed by atoms with E-state index in [-0.39, 0.29) is 24.0 Å². The Balaban J connectivity index is 0.00000261. The van der Waals surface area contributed by atoms with Crippen molar-refractivity contribution in [2.75, 3.05) is 20.6 Å². The van der Waals surface area contributed by atoms with Crippen molar-refractivity contribution < 1.29 is 8.78 Å². The van der Waals surface area contributed by atoms with Crippen LogP contribution in [0, 0.1) is 11.6 Å². The van der Waals surface area contributed by atoms with Gasteiger partial charge in [-0.1, -0.05) is 12.1 Å². The van der Waals surface area contributed by atoms with E-state index in [4.69, 9.17) is 4.98 Å². The maximum absolute atomic E-state index is 13.7. The van der Waals surface area contributed by atoms with Crippen LogP contribution in [0.25, 0.3) is 0 Å². The van der Waals surface area contributed by atoms with E-state index in [0.717, 1.165) is 29.9 Å². The molecule has 0 amide bonds. The average molecular weight is 506 g/mol. The molecule has 0 fully saturated rings. The zero-order valence-corrected chi connectivity index (χ0v) is 18.7. The van der Waals surface area contributed by atoms with Gasteiger partial charge in [0.15, 0.2) is 17.6 Å². The average Bonchev–Trinajstić information content (AvgIpc) is 3.04. The van der Waals surface area contributed by atoms with Crippen LogP contribution >= 0.6 is 35.3 Å². The molecule has 0 aliphatic heterocycles. The number of fused-ring (bicyclic) bond motifs is 1. The molecule has 1 aromatic carbocycles. The number of nitrogens with zero attached hydrogens (tertiary/aromatic N) is 3. The molecule has 0 saturated carbocycles. The number of halogens is 3. The summed E-state index contributed by atoms with van der Waals surface area (Å²) in [5.74, 6) is -0.863. The zero-order chi connectivity index (χ0) is 18.5. The Morgan fingerprint density at radius 3 is 2.81 bits per heavy atom. The van der Waals surface area contributed by atoms with E-state index in [0.29, 0.717) is 25.1 Å². The zero-order valence-electron chi connectivity index (χ0n) is 15.6. The first-order valence-electron chi connectivity index (χ1n) is 8.90. The minimum atomic E-state index is -0.809. The van der Waals surface area contributed by atoms with Gasteiger partial charge in [-0.2, -0.15) is 0 Å². The van der Waals surface area contributed by atoms with Crippen LogP contribution in [0.2, 0.25) is 0 Å². The van der Waals surface area contributed by atoms with Crippen LogP contribution in [0.3, 0.4) is 0 Å². The number of aromatic nitrogens is 1. The number of guanidine groups is 1. The number of benzene rings is 1. The lowest BCUT2D eigenvalue weighted by Gasteiger charge is -2.21. The van der Waals surface area contributed by atoms with Crippen LogP contribution in [0.1, 0.15) is 34.0 Å².